The zero-order chi connectivity index (χ0) is 21.4. The van der Waals surface area contributed by atoms with Crippen LogP contribution in [0.3, 0.4) is 0 Å². The van der Waals surface area contributed by atoms with E-state index in [4.69, 9.17) is 0 Å². The minimum atomic E-state index is -0.537. The van der Waals surface area contributed by atoms with Crippen molar-refractivity contribution in [1.29, 1.82) is 0 Å². The standard InChI is InChI=1S/C18H14N8O4/c1-23-15-14(21-20-12-4-3-5-13(10-12)26(29)30)16(24(2)18(23)28)25(22-15)17(27)11-6-8-19-9-7-11/h3-10H,1-2H3. The number of benzene rings is 1. The van der Waals surface area contributed by atoms with E-state index in [1.807, 2.05) is 0 Å². The van der Waals surface area contributed by atoms with Crippen LogP contribution in [0.25, 0.3) is 0 Å². The maximum absolute atomic E-state index is 12.9. The van der Waals surface area contributed by atoms with Crippen molar-refractivity contribution in [3.05, 3.63) is 64.5 Å². The first-order valence-corrected chi connectivity index (χ1v) is 8.64. The topological polar surface area (TPSA) is 139 Å². The summed E-state index contributed by atoms with van der Waals surface area (Å²) in [6.07, 6.45) is 2.95. The summed E-state index contributed by atoms with van der Waals surface area (Å²) in [5.74, 6) is -0.186. The van der Waals surface area contributed by atoms with Crippen LogP contribution >= 0.6 is 0 Å². The Morgan fingerprint density at radius 3 is 2.53 bits per heavy atom. The molecule has 3 heterocycles. The Balaban J connectivity index is 1.81. The quantitative estimate of drug-likeness (QED) is 0.370. The molecule has 0 N–H and O–H groups in total. The van der Waals surface area contributed by atoms with Crippen molar-refractivity contribution in [3.8, 4) is 0 Å². The third-order valence-corrected chi connectivity index (χ3v) is 4.45. The van der Waals surface area contributed by atoms with Crippen LogP contribution in [0, 0.1) is 10.1 Å². The fraction of sp³-hybridized carbons (Fsp3) is 0.111. The summed E-state index contributed by atoms with van der Waals surface area (Å²) in [6, 6.07) is 8.29. The molecule has 1 aliphatic heterocycles. The number of nitro benzene ring substituents is 1. The highest BCUT2D eigenvalue weighted by atomic mass is 16.6. The molecule has 12 heteroatoms. The number of carbonyl (C=O) groups is 2. The number of rotatable bonds is 4. The number of anilines is 2. The molecule has 0 radical (unpaired) electrons. The Bertz CT molecular complexity index is 1200. The number of non-ortho nitro benzene ring substituents is 1. The average molecular weight is 406 g/mol. The number of fused-ring (bicyclic) bond motifs is 2. The zero-order valence-electron chi connectivity index (χ0n) is 15.8. The van der Waals surface area contributed by atoms with Gasteiger partial charge in [0.2, 0.25) is 0 Å². The molecule has 4 rings (SSSR count). The predicted octanol–water partition coefficient (Wildman–Crippen LogP) is 3.30. The van der Waals surface area contributed by atoms with E-state index < -0.39 is 16.9 Å². The number of pyridine rings is 1. The van der Waals surface area contributed by atoms with Gasteiger partial charge in [-0.1, -0.05) is 6.07 Å². The second-order valence-corrected chi connectivity index (χ2v) is 6.33. The summed E-state index contributed by atoms with van der Waals surface area (Å²) >= 11 is 0. The number of carbonyl (C=O) groups excluding carboxylic acids is 2. The molecule has 3 aromatic rings. The lowest BCUT2D eigenvalue weighted by Crippen LogP contribution is -2.41. The van der Waals surface area contributed by atoms with Gasteiger partial charge in [-0.2, -0.15) is 9.80 Å². The third-order valence-electron chi connectivity index (χ3n) is 4.45. The Labute approximate surface area is 169 Å². The SMILES string of the molecule is CN1C(=O)N(C)c2c(N=Nc3cccc([N+](=O)[O-])c3)c1nn2C(=O)c1ccncc1. The lowest BCUT2D eigenvalue weighted by Gasteiger charge is -2.26. The van der Waals surface area contributed by atoms with Gasteiger partial charge in [0, 0.05) is 44.2 Å². The van der Waals surface area contributed by atoms with E-state index in [0.717, 1.165) is 4.68 Å². The van der Waals surface area contributed by atoms with Gasteiger partial charge in [-0.25, -0.2) is 4.79 Å². The third kappa shape index (κ3) is 3.05. The number of hydrogen-bond donors (Lipinski definition) is 0. The normalized spacial score (nSPS) is 13.2. The zero-order valence-corrected chi connectivity index (χ0v) is 15.8. The van der Waals surface area contributed by atoms with Gasteiger partial charge >= 0.3 is 6.03 Å². The highest BCUT2D eigenvalue weighted by Gasteiger charge is 2.37. The summed E-state index contributed by atoms with van der Waals surface area (Å²) in [4.78, 5) is 42.2. The van der Waals surface area contributed by atoms with Gasteiger partial charge in [-0.05, 0) is 18.2 Å². The molecule has 0 atom stereocenters. The minimum Gasteiger partial charge on any atom is -0.279 e. The van der Waals surface area contributed by atoms with Gasteiger partial charge in [0.05, 0.1) is 10.6 Å². The molecule has 0 aliphatic carbocycles. The molecule has 1 aromatic carbocycles. The summed E-state index contributed by atoms with van der Waals surface area (Å²) in [5.41, 5.74) is 0.625. The highest BCUT2D eigenvalue weighted by Crippen LogP contribution is 2.43. The van der Waals surface area contributed by atoms with E-state index in [1.54, 1.807) is 6.07 Å². The first kappa shape index (κ1) is 18.9. The van der Waals surface area contributed by atoms with Crippen molar-refractivity contribution in [1.82, 2.24) is 14.8 Å². The van der Waals surface area contributed by atoms with Crippen LogP contribution in [-0.2, 0) is 0 Å². The highest BCUT2D eigenvalue weighted by molar-refractivity contribution is 6.13. The van der Waals surface area contributed by atoms with Gasteiger partial charge in [-0.15, -0.1) is 10.2 Å². The van der Waals surface area contributed by atoms with Crippen molar-refractivity contribution >= 4 is 40.6 Å². The molecule has 0 saturated carbocycles. The molecule has 0 saturated heterocycles. The molecule has 12 nitrogen and oxygen atoms in total. The lowest BCUT2D eigenvalue weighted by atomic mass is 10.2. The Kier molecular flexibility index (Phi) is 4.50. The van der Waals surface area contributed by atoms with E-state index >= 15 is 0 Å². The summed E-state index contributed by atoms with van der Waals surface area (Å²) < 4.78 is 1.08. The molecule has 0 unspecified atom stereocenters. The number of amides is 2. The maximum Gasteiger partial charge on any atom is 0.330 e. The van der Waals surface area contributed by atoms with Crippen molar-refractivity contribution in [2.24, 2.45) is 10.2 Å². The van der Waals surface area contributed by atoms with Gasteiger partial charge in [0.1, 0.15) is 0 Å². The average Bonchev–Trinajstić information content (AvgIpc) is 3.11. The molecular formula is C18H14N8O4. The van der Waals surface area contributed by atoms with Gasteiger partial charge in [-0.3, -0.25) is 29.7 Å². The monoisotopic (exact) mass is 406 g/mol. The number of nitrogens with zero attached hydrogens (tertiary/aromatic N) is 8. The Hall–Kier alpha value is -4.48. The van der Waals surface area contributed by atoms with Gasteiger partial charge < -0.3 is 0 Å². The second kappa shape index (κ2) is 7.16. The lowest BCUT2D eigenvalue weighted by molar-refractivity contribution is -0.384. The first-order valence-electron chi connectivity index (χ1n) is 8.64. The fourth-order valence-electron chi connectivity index (χ4n) is 2.95. The largest absolute Gasteiger partial charge is 0.330 e. The number of azo groups is 1. The molecule has 2 bridgehead atoms. The van der Waals surface area contributed by atoms with Crippen LogP contribution in [0.1, 0.15) is 10.4 Å². The first-order chi connectivity index (χ1) is 14.4. The van der Waals surface area contributed by atoms with Crippen LogP contribution in [0.15, 0.2) is 59.0 Å². The van der Waals surface area contributed by atoms with Crippen LogP contribution < -0.4 is 9.80 Å². The molecule has 2 amide bonds. The second-order valence-electron chi connectivity index (χ2n) is 6.33. The fourth-order valence-corrected chi connectivity index (χ4v) is 2.95. The van der Waals surface area contributed by atoms with Crippen LogP contribution in [0.5, 0.6) is 0 Å². The summed E-state index contributed by atoms with van der Waals surface area (Å²) in [7, 11) is 2.99. The van der Waals surface area contributed by atoms with Crippen LogP contribution in [0.4, 0.5) is 33.5 Å². The Morgan fingerprint density at radius 1 is 1.10 bits per heavy atom. The van der Waals surface area contributed by atoms with E-state index in [0.29, 0.717) is 5.56 Å². The minimum absolute atomic E-state index is 0.132. The van der Waals surface area contributed by atoms with E-state index in [9.17, 15) is 19.7 Å². The van der Waals surface area contributed by atoms with E-state index in [1.165, 1.54) is 66.6 Å². The molecular weight excluding hydrogens is 392 g/mol. The number of urea groups is 1. The maximum atomic E-state index is 12.9. The summed E-state index contributed by atoms with van der Waals surface area (Å²) in [5, 5.41) is 23.4. The predicted molar refractivity (Wildman–Crippen MR) is 106 cm³/mol. The van der Waals surface area contributed by atoms with Crippen molar-refractivity contribution in [3.63, 3.8) is 0 Å². The van der Waals surface area contributed by atoms with Crippen molar-refractivity contribution in [2.75, 3.05) is 23.9 Å². The van der Waals surface area contributed by atoms with Crippen molar-refractivity contribution < 1.29 is 14.5 Å². The van der Waals surface area contributed by atoms with Crippen LogP contribution in [0.2, 0.25) is 0 Å². The number of nitro groups is 1. The smallest absolute Gasteiger partial charge is 0.279 e. The number of hydrogen-bond acceptors (Lipinski definition) is 8. The molecule has 2 aromatic heterocycles. The van der Waals surface area contributed by atoms with Crippen LogP contribution in [-0.4, -0.2) is 45.7 Å². The number of aromatic nitrogens is 3. The molecule has 30 heavy (non-hydrogen) atoms. The molecule has 1 aliphatic rings. The van der Waals surface area contributed by atoms with Gasteiger partial charge in [0.15, 0.2) is 17.3 Å². The van der Waals surface area contributed by atoms with E-state index in [-0.39, 0.29) is 28.7 Å². The van der Waals surface area contributed by atoms with Gasteiger partial charge in [0.25, 0.3) is 11.6 Å². The molecule has 0 spiro atoms. The summed E-state index contributed by atoms with van der Waals surface area (Å²) in [6.45, 7) is 0. The molecule has 0 fully saturated rings. The Morgan fingerprint density at radius 2 is 1.83 bits per heavy atom. The van der Waals surface area contributed by atoms with Crippen molar-refractivity contribution in [2.45, 2.75) is 0 Å². The molecule has 150 valence electrons. The van der Waals surface area contributed by atoms with E-state index in [2.05, 4.69) is 20.3 Å².